The van der Waals surface area contributed by atoms with Crippen molar-refractivity contribution in [2.75, 3.05) is 24.7 Å². The minimum Gasteiger partial charge on any atom is -0.265 e. The largest absolute Gasteiger partial charge is 0.265 e. The fourth-order valence-electron chi connectivity index (χ4n) is 1.70. The van der Waals surface area contributed by atoms with Crippen LogP contribution in [0.25, 0.3) is 0 Å². The monoisotopic (exact) mass is 348 g/mol. The number of alkyl halides is 1. The molecule has 0 aliphatic heterocycles. The standard InChI is InChI=1S/C13H21BrN2O2S/c1-16(11-4-2-3-8-14)19(17,18)12-7-13-5-9-15-10-6-13/h5-6,9-10H,2-4,7-8,11-12H2,1H3. The van der Waals surface area contributed by atoms with Gasteiger partial charge in [-0.25, -0.2) is 12.7 Å². The van der Waals surface area contributed by atoms with Gasteiger partial charge in [-0.05, 0) is 37.0 Å². The van der Waals surface area contributed by atoms with Gasteiger partial charge in [-0.1, -0.05) is 22.4 Å². The molecule has 1 heterocycles. The first kappa shape index (κ1) is 16.6. The zero-order valence-electron chi connectivity index (χ0n) is 11.3. The van der Waals surface area contributed by atoms with E-state index in [0.717, 1.165) is 30.2 Å². The lowest BCUT2D eigenvalue weighted by molar-refractivity contribution is 0.454. The lowest BCUT2D eigenvalue weighted by Gasteiger charge is -2.16. The molecule has 0 saturated heterocycles. The van der Waals surface area contributed by atoms with Crippen molar-refractivity contribution in [3.05, 3.63) is 30.1 Å². The molecule has 1 rings (SSSR count). The van der Waals surface area contributed by atoms with Crippen LogP contribution in [0.5, 0.6) is 0 Å². The zero-order chi connectivity index (χ0) is 14.1. The molecule has 108 valence electrons. The van der Waals surface area contributed by atoms with E-state index in [1.165, 1.54) is 4.31 Å². The van der Waals surface area contributed by atoms with E-state index in [9.17, 15) is 8.42 Å². The Morgan fingerprint density at radius 3 is 2.53 bits per heavy atom. The molecule has 1 aromatic heterocycles. The molecule has 0 atom stereocenters. The summed E-state index contributed by atoms with van der Waals surface area (Å²) in [7, 11) is -1.48. The minimum atomic E-state index is -3.14. The summed E-state index contributed by atoms with van der Waals surface area (Å²) in [5.74, 6) is 0.159. The smallest absolute Gasteiger partial charge is 0.214 e. The first-order valence-electron chi connectivity index (χ1n) is 6.45. The van der Waals surface area contributed by atoms with Crippen molar-refractivity contribution < 1.29 is 8.42 Å². The topological polar surface area (TPSA) is 50.3 Å². The second-order valence-corrected chi connectivity index (χ2v) is 7.48. The molecule has 0 aliphatic rings. The van der Waals surface area contributed by atoms with Crippen molar-refractivity contribution in [3.8, 4) is 0 Å². The van der Waals surface area contributed by atoms with Gasteiger partial charge in [0.2, 0.25) is 10.0 Å². The summed E-state index contributed by atoms with van der Waals surface area (Å²) in [5, 5.41) is 0.978. The summed E-state index contributed by atoms with van der Waals surface area (Å²) in [4.78, 5) is 3.92. The number of aromatic nitrogens is 1. The van der Waals surface area contributed by atoms with Crippen LogP contribution in [0.15, 0.2) is 24.5 Å². The Kier molecular flexibility index (Phi) is 7.56. The van der Waals surface area contributed by atoms with Crippen LogP contribution in [-0.4, -0.2) is 42.4 Å². The molecular weight excluding hydrogens is 328 g/mol. The van der Waals surface area contributed by atoms with E-state index in [0.29, 0.717) is 13.0 Å². The SMILES string of the molecule is CN(CCCCCBr)S(=O)(=O)CCc1ccncc1. The molecule has 0 bridgehead atoms. The Bertz CT molecular complexity index is 451. The van der Waals surface area contributed by atoms with Gasteiger partial charge in [-0.3, -0.25) is 4.98 Å². The second kappa shape index (κ2) is 8.66. The summed E-state index contributed by atoms with van der Waals surface area (Å²) in [5.41, 5.74) is 1.01. The van der Waals surface area contributed by atoms with Crippen molar-refractivity contribution >= 4 is 26.0 Å². The van der Waals surface area contributed by atoms with E-state index < -0.39 is 10.0 Å². The molecule has 6 heteroatoms. The van der Waals surface area contributed by atoms with E-state index in [4.69, 9.17) is 0 Å². The summed E-state index contributed by atoms with van der Waals surface area (Å²) < 4.78 is 25.6. The molecule has 0 N–H and O–H groups in total. The minimum absolute atomic E-state index is 0.159. The van der Waals surface area contributed by atoms with Gasteiger partial charge in [0.1, 0.15) is 0 Å². The lowest BCUT2D eigenvalue weighted by Crippen LogP contribution is -2.30. The number of hydrogen-bond donors (Lipinski definition) is 0. The summed E-state index contributed by atoms with van der Waals surface area (Å²) >= 11 is 3.37. The van der Waals surface area contributed by atoms with Gasteiger partial charge in [0.25, 0.3) is 0 Å². The number of sulfonamides is 1. The number of halogens is 1. The molecule has 1 aromatic rings. The van der Waals surface area contributed by atoms with Crippen LogP contribution in [0.1, 0.15) is 24.8 Å². The Morgan fingerprint density at radius 2 is 1.89 bits per heavy atom. The van der Waals surface area contributed by atoms with Crippen LogP contribution >= 0.6 is 15.9 Å². The average Bonchev–Trinajstić information content (AvgIpc) is 2.42. The third kappa shape index (κ3) is 6.49. The fraction of sp³-hybridized carbons (Fsp3) is 0.615. The van der Waals surface area contributed by atoms with E-state index in [2.05, 4.69) is 20.9 Å². The Hall–Kier alpha value is -0.460. The van der Waals surface area contributed by atoms with Crippen molar-refractivity contribution in [2.45, 2.75) is 25.7 Å². The van der Waals surface area contributed by atoms with Crippen LogP contribution in [0, 0.1) is 0 Å². The lowest BCUT2D eigenvalue weighted by atomic mass is 10.2. The van der Waals surface area contributed by atoms with Crippen LogP contribution in [0.2, 0.25) is 0 Å². The second-order valence-electron chi connectivity index (χ2n) is 4.49. The van der Waals surface area contributed by atoms with E-state index >= 15 is 0 Å². The number of rotatable bonds is 9. The predicted octanol–water partition coefficient (Wildman–Crippen LogP) is 2.45. The zero-order valence-corrected chi connectivity index (χ0v) is 13.7. The van der Waals surface area contributed by atoms with Crippen molar-refractivity contribution in [2.24, 2.45) is 0 Å². The average molecular weight is 349 g/mol. The molecule has 0 radical (unpaired) electrons. The predicted molar refractivity (Wildman–Crippen MR) is 82.0 cm³/mol. The highest BCUT2D eigenvalue weighted by atomic mass is 79.9. The first-order chi connectivity index (χ1) is 9.06. The molecule has 0 saturated carbocycles. The fourth-order valence-corrected chi connectivity index (χ4v) is 3.31. The summed E-state index contributed by atoms with van der Waals surface area (Å²) in [6, 6.07) is 3.71. The molecule has 0 amide bonds. The number of unbranched alkanes of at least 4 members (excludes halogenated alkanes) is 2. The highest BCUT2D eigenvalue weighted by Crippen LogP contribution is 2.07. The molecule has 0 spiro atoms. The van der Waals surface area contributed by atoms with Crippen LogP contribution < -0.4 is 0 Å². The van der Waals surface area contributed by atoms with E-state index in [1.54, 1.807) is 19.4 Å². The van der Waals surface area contributed by atoms with E-state index in [-0.39, 0.29) is 5.75 Å². The Labute approximate surface area is 124 Å². The maximum absolute atomic E-state index is 12.1. The number of nitrogens with zero attached hydrogens (tertiary/aromatic N) is 2. The van der Waals surface area contributed by atoms with E-state index in [1.807, 2.05) is 12.1 Å². The number of pyridine rings is 1. The molecule has 19 heavy (non-hydrogen) atoms. The highest BCUT2D eigenvalue weighted by molar-refractivity contribution is 9.09. The van der Waals surface area contributed by atoms with Crippen molar-refractivity contribution in [3.63, 3.8) is 0 Å². The Balaban J connectivity index is 2.38. The van der Waals surface area contributed by atoms with Crippen LogP contribution in [-0.2, 0) is 16.4 Å². The first-order valence-corrected chi connectivity index (χ1v) is 9.18. The van der Waals surface area contributed by atoms with Gasteiger partial charge in [0, 0.05) is 31.3 Å². The van der Waals surface area contributed by atoms with Crippen molar-refractivity contribution in [1.29, 1.82) is 0 Å². The molecule has 4 nitrogen and oxygen atoms in total. The van der Waals surface area contributed by atoms with Gasteiger partial charge in [-0.15, -0.1) is 0 Å². The third-order valence-electron chi connectivity index (χ3n) is 2.98. The maximum Gasteiger partial charge on any atom is 0.214 e. The molecule has 0 aromatic carbocycles. The molecule has 0 fully saturated rings. The molecular formula is C13H21BrN2O2S. The van der Waals surface area contributed by atoms with Gasteiger partial charge in [0.05, 0.1) is 5.75 Å². The third-order valence-corrected chi connectivity index (χ3v) is 5.39. The van der Waals surface area contributed by atoms with Gasteiger partial charge in [0.15, 0.2) is 0 Å². The quantitative estimate of drug-likeness (QED) is 0.508. The number of aryl methyl sites for hydroxylation is 1. The van der Waals surface area contributed by atoms with Crippen LogP contribution in [0.4, 0.5) is 0 Å². The van der Waals surface area contributed by atoms with Gasteiger partial charge < -0.3 is 0 Å². The Morgan fingerprint density at radius 1 is 1.21 bits per heavy atom. The normalized spacial score (nSPS) is 11.9. The van der Waals surface area contributed by atoms with Crippen molar-refractivity contribution in [1.82, 2.24) is 9.29 Å². The highest BCUT2D eigenvalue weighted by Gasteiger charge is 2.16. The summed E-state index contributed by atoms with van der Waals surface area (Å²) in [6.07, 6.45) is 6.96. The maximum atomic E-state index is 12.1. The van der Waals surface area contributed by atoms with Gasteiger partial charge in [-0.2, -0.15) is 0 Å². The number of hydrogen-bond acceptors (Lipinski definition) is 3. The summed E-state index contributed by atoms with van der Waals surface area (Å²) in [6.45, 7) is 0.603. The van der Waals surface area contributed by atoms with Crippen LogP contribution in [0.3, 0.4) is 0 Å². The van der Waals surface area contributed by atoms with Gasteiger partial charge >= 0.3 is 0 Å². The molecule has 0 aliphatic carbocycles. The molecule has 0 unspecified atom stereocenters.